The largest absolute Gasteiger partial charge is 0.357 e. The van der Waals surface area contributed by atoms with Gasteiger partial charge in [-0.05, 0) is 50.3 Å². The van der Waals surface area contributed by atoms with Gasteiger partial charge < -0.3 is 16.0 Å². The van der Waals surface area contributed by atoms with Crippen LogP contribution in [0.3, 0.4) is 0 Å². The predicted octanol–water partition coefficient (Wildman–Crippen LogP) is 2.63. The first-order chi connectivity index (χ1) is 10.5. The molecular weight excluding hydrogens is 312 g/mol. The summed E-state index contributed by atoms with van der Waals surface area (Å²) in [6.07, 6.45) is 7.16. The Kier molecular flexibility index (Phi) is 7.79. The number of rotatable bonds is 6. The average molecular weight is 341 g/mol. The minimum Gasteiger partial charge on any atom is -0.357 e. The highest BCUT2D eigenvalue weighted by molar-refractivity contribution is 5.85. The van der Waals surface area contributed by atoms with Crippen LogP contribution in [0.4, 0.5) is 5.82 Å². The van der Waals surface area contributed by atoms with Gasteiger partial charge in [0, 0.05) is 25.8 Å². The fourth-order valence-electron chi connectivity index (χ4n) is 2.88. The number of anilines is 1. The summed E-state index contributed by atoms with van der Waals surface area (Å²) in [5.74, 6) is 0.918. The van der Waals surface area contributed by atoms with Gasteiger partial charge in [-0.1, -0.05) is 13.3 Å². The lowest BCUT2D eigenvalue weighted by molar-refractivity contribution is -0.126. The second-order valence-electron chi connectivity index (χ2n) is 6.42. The van der Waals surface area contributed by atoms with Crippen molar-refractivity contribution in [3.05, 3.63) is 23.9 Å². The van der Waals surface area contributed by atoms with Gasteiger partial charge in [0.15, 0.2) is 0 Å². The number of halogens is 1. The van der Waals surface area contributed by atoms with Crippen LogP contribution in [0.15, 0.2) is 18.3 Å². The normalized spacial score (nSPS) is 17.1. The van der Waals surface area contributed by atoms with Gasteiger partial charge in [0.05, 0.1) is 5.54 Å². The Morgan fingerprint density at radius 1 is 1.39 bits per heavy atom. The van der Waals surface area contributed by atoms with Crippen LogP contribution in [0.25, 0.3) is 0 Å². The molecule has 3 N–H and O–H groups in total. The number of carbonyl (C=O) groups excluding carboxylic acids is 1. The Bertz CT molecular complexity index is 501. The van der Waals surface area contributed by atoms with Gasteiger partial charge in [-0.25, -0.2) is 4.98 Å². The van der Waals surface area contributed by atoms with E-state index in [9.17, 15) is 4.79 Å². The van der Waals surface area contributed by atoms with Crippen molar-refractivity contribution in [3.8, 4) is 0 Å². The first kappa shape index (κ1) is 19.7. The Morgan fingerprint density at radius 3 is 2.74 bits per heavy atom. The van der Waals surface area contributed by atoms with E-state index in [1.54, 1.807) is 6.92 Å². The van der Waals surface area contributed by atoms with E-state index in [0.717, 1.165) is 30.9 Å². The molecule has 1 atom stereocenters. The molecule has 6 heteroatoms. The van der Waals surface area contributed by atoms with Crippen LogP contribution >= 0.6 is 12.4 Å². The number of pyridine rings is 1. The predicted molar refractivity (Wildman–Crippen MR) is 96.9 cm³/mol. The molecule has 0 saturated carbocycles. The van der Waals surface area contributed by atoms with E-state index in [1.807, 2.05) is 19.2 Å². The lowest BCUT2D eigenvalue weighted by Gasteiger charge is -2.28. The van der Waals surface area contributed by atoms with E-state index >= 15 is 0 Å². The molecule has 1 aromatic rings. The van der Waals surface area contributed by atoms with Gasteiger partial charge in [-0.2, -0.15) is 0 Å². The fraction of sp³-hybridized carbons (Fsp3) is 0.647. The highest BCUT2D eigenvalue weighted by Crippen LogP contribution is 2.18. The number of nitrogens with zero attached hydrogens (tertiary/aromatic N) is 2. The number of amides is 1. The molecule has 1 saturated heterocycles. The van der Waals surface area contributed by atoms with E-state index in [4.69, 9.17) is 5.73 Å². The minimum absolute atomic E-state index is 0. The molecule has 0 aliphatic carbocycles. The highest BCUT2D eigenvalue weighted by Gasteiger charge is 2.26. The second kappa shape index (κ2) is 9.08. The molecule has 1 aromatic heterocycles. The smallest absolute Gasteiger partial charge is 0.240 e. The molecule has 1 aliphatic heterocycles. The maximum Gasteiger partial charge on any atom is 0.240 e. The number of hydrogen-bond acceptors (Lipinski definition) is 4. The third kappa shape index (κ3) is 5.66. The minimum atomic E-state index is -0.794. The molecule has 0 radical (unpaired) electrons. The standard InChI is InChI=1S/C17H28N4O.ClH/c1-3-8-17(2,18)16(22)20-13-14-7-9-19-15(12-14)21-10-5-4-6-11-21;/h7,9,12H,3-6,8,10-11,13,18H2,1-2H3,(H,20,22);1H. The highest BCUT2D eigenvalue weighted by atomic mass is 35.5. The summed E-state index contributed by atoms with van der Waals surface area (Å²) >= 11 is 0. The Balaban J connectivity index is 0.00000264. The van der Waals surface area contributed by atoms with Gasteiger partial charge >= 0.3 is 0 Å². The fourth-order valence-corrected chi connectivity index (χ4v) is 2.88. The van der Waals surface area contributed by atoms with E-state index in [-0.39, 0.29) is 18.3 Å². The van der Waals surface area contributed by atoms with Gasteiger partial charge in [0.25, 0.3) is 0 Å². The van der Waals surface area contributed by atoms with Crippen LogP contribution in [-0.2, 0) is 11.3 Å². The zero-order valence-corrected chi connectivity index (χ0v) is 15.0. The van der Waals surface area contributed by atoms with Crippen LogP contribution in [0.2, 0.25) is 0 Å². The number of hydrogen-bond donors (Lipinski definition) is 2. The summed E-state index contributed by atoms with van der Waals surface area (Å²) in [6.45, 7) is 6.46. The van der Waals surface area contributed by atoms with E-state index in [2.05, 4.69) is 21.3 Å². The van der Waals surface area contributed by atoms with Crippen molar-refractivity contribution >= 4 is 24.1 Å². The molecule has 23 heavy (non-hydrogen) atoms. The molecule has 1 aliphatic rings. The maximum absolute atomic E-state index is 12.2. The molecule has 2 rings (SSSR count). The summed E-state index contributed by atoms with van der Waals surface area (Å²) in [5, 5.41) is 2.94. The lowest BCUT2D eigenvalue weighted by Crippen LogP contribution is -2.51. The van der Waals surface area contributed by atoms with Gasteiger partial charge in [0.2, 0.25) is 5.91 Å². The third-order valence-electron chi connectivity index (χ3n) is 4.23. The Morgan fingerprint density at radius 2 is 2.09 bits per heavy atom. The van der Waals surface area contributed by atoms with Crippen molar-refractivity contribution in [3.63, 3.8) is 0 Å². The zero-order chi connectivity index (χ0) is 16.0. The summed E-state index contributed by atoms with van der Waals surface area (Å²) in [5.41, 5.74) is 6.32. The molecule has 5 nitrogen and oxygen atoms in total. The number of piperidine rings is 1. The number of nitrogens with one attached hydrogen (secondary N) is 1. The van der Waals surface area contributed by atoms with Gasteiger partial charge in [0.1, 0.15) is 5.82 Å². The van der Waals surface area contributed by atoms with Gasteiger partial charge in [-0.3, -0.25) is 4.79 Å². The first-order valence-corrected chi connectivity index (χ1v) is 8.30. The quantitative estimate of drug-likeness (QED) is 0.835. The third-order valence-corrected chi connectivity index (χ3v) is 4.23. The first-order valence-electron chi connectivity index (χ1n) is 8.30. The summed E-state index contributed by atoms with van der Waals surface area (Å²) in [4.78, 5) is 18.9. The van der Waals surface area contributed by atoms with E-state index < -0.39 is 5.54 Å². The molecule has 2 heterocycles. The molecule has 1 fully saturated rings. The van der Waals surface area contributed by atoms with Crippen LogP contribution in [0.1, 0.15) is 51.5 Å². The van der Waals surface area contributed by atoms with E-state index in [0.29, 0.717) is 13.0 Å². The van der Waals surface area contributed by atoms with Crippen molar-refractivity contribution in [2.24, 2.45) is 5.73 Å². The number of carbonyl (C=O) groups is 1. The van der Waals surface area contributed by atoms with Crippen LogP contribution < -0.4 is 16.0 Å². The number of nitrogens with two attached hydrogens (primary N) is 1. The summed E-state index contributed by atoms with van der Waals surface area (Å²) < 4.78 is 0. The van der Waals surface area contributed by atoms with Crippen LogP contribution in [0.5, 0.6) is 0 Å². The molecule has 1 amide bonds. The van der Waals surface area contributed by atoms with Crippen molar-refractivity contribution in [2.75, 3.05) is 18.0 Å². The molecule has 0 spiro atoms. The topological polar surface area (TPSA) is 71.2 Å². The Labute approximate surface area is 145 Å². The number of aromatic nitrogens is 1. The SMILES string of the molecule is CCCC(C)(N)C(=O)NCc1ccnc(N2CCCCC2)c1.Cl. The monoisotopic (exact) mass is 340 g/mol. The average Bonchev–Trinajstić information content (AvgIpc) is 2.53. The summed E-state index contributed by atoms with van der Waals surface area (Å²) in [6, 6.07) is 4.01. The van der Waals surface area contributed by atoms with Crippen molar-refractivity contribution in [2.45, 2.75) is 58.0 Å². The maximum atomic E-state index is 12.2. The van der Waals surface area contributed by atoms with Gasteiger partial charge in [-0.15, -0.1) is 12.4 Å². The Hall–Kier alpha value is -1.33. The van der Waals surface area contributed by atoms with Crippen molar-refractivity contribution in [1.29, 1.82) is 0 Å². The van der Waals surface area contributed by atoms with Crippen molar-refractivity contribution in [1.82, 2.24) is 10.3 Å². The summed E-state index contributed by atoms with van der Waals surface area (Å²) in [7, 11) is 0. The van der Waals surface area contributed by atoms with Crippen LogP contribution in [0, 0.1) is 0 Å². The molecule has 130 valence electrons. The van der Waals surface area contributed by atoms with Crippen LogP contribution in [-0.4, -0.2) is 29.5 Å². The molecule has 1 unspecified atom stereocenters. The van der Waals surface area contributed by atoms with Crippen molar-refractivity contribution < 1.29 is 4.79 Å². The zero-order valence-electron chi connectivity index (χ0n) is 14.2. The second-order valence-corrected chi connectivity index (χ2v) is 6.42. The molecule has 0 aromatic carbocycles. The van der Waals surface area contributed by atoms with E-state index in [1.165, 1.54) is 19.3 Å². The lowest BCUT2D eigenvalue weighted by atomic mass is 9.96. The molecular formula is C17H29ClN4O. The molecule has 0 bridgehead atoms.